The van der Waals surface area contributed by atoms with E-state index in [1.807, 2.05) is 40.9 Å². The molecule has 1 amide bonds. The van der Waals surface area contributed by atoms with Gasteiger partial charge in [0.25, 0.3) is 5.91 Å². The molecule has 28 heavy (non-hydrogen) atoms. The van der Waals surface area contributed by atoms with Gasteiger partial charge in [-0.2, -0.15) is 4.98 Å². The van der Waals surface area contributed by atoms with E-state index in [0.29, 0.717) is 11.5 Å². The average molecular weight is 371 g/mol. The van der Waals surface area contributed by atoms with Crippen LogP contribution in [-0.4, -0.2) is 39.5 Å². The lowest BCUT2D eigenvalue weighted by molar-refractivity contribution is 0.0827. The SMILES string of the molecule is Cc1cccc(-c2cccc3nc(Nc4ccc(C(=O)N(C)C)cc4)nn23)c1. The van der Waals surface area contributed by atoms with Gasteiger partial charge in [-0.05, 0) is 49.4 Å². The Balaban J connectivity index is 1.64. The molecular weight excluding hydrogens is 350 g/mol. The zero-order valence-corrected chi connectivity index (χ0v) is 16.0. The molecule has 0 spiro atoms. The predicted molar refractivity (Wildman–Crippen MR) is 111 cm³/mol. The Hall–Kier alpha value is -3.67. The Labute approximate surface area is 163 Å². The number of carbonyl (C=O) groups excluding carboxylic acids is 1. The molecule has 0 aliphatic carbocycles. The second-order valence-corrected chi connectivity index (χ2v) is 6.89. The number of aryl methyl sites for hydroxylation is 1. The van der Waals surface area contributed by atoms with E-state index in [-0.39, 0.29) is 5.91 Å². The lowest BCUT2D eigenvalue weighted by atomic mass is 10.1. The van der Waals surface area contributed by atoms with Crippen molar-refractivity contribution < 1.29 is 4.79 Å². The van der Waals surface area contributed by atoms with E-state index in [4.69, 9.17) is 0 Å². The van der Waals surface area contributed by atoms with Gasteiger partial charge in [0.15, 0.2) is 5.65 Å². The second-order valence-electron chi connectivity index (χ2n) is 6.89. The van der Waals surface area contributed by atoms with Crippen molar-refractivity contribution in [1.29, 1.82) is 0 Å². The van der Waals surface area contributed by atoms with Gasteiger partial charge in [0.05, 0.1) is 5.69 Å². The molecule has 2 aromatic carbocycles. The Bertz CT molecular complexity index is 1150. The molecule has 0 atom stereocenters. The van der Waals surface area contributed by atoms with Crippen molar-refractivity contribution >= 4 is 23.2 Å². The first kappa shape index (κ1) is 17.7. The van der Waals surface area contributed by atoms with Crippen LogP contribution >= 0.6 is 0 Å². The van der Waals surface area contributed by atoms with Crippen molar-refractivity contribution in [2.75, 3.05) is 19.4 Å². The van der Waals surface area contributed by atoms with Gasteiger partial charge in [0.2, 0.25) is 5.95 Å². The van der Waals surface area contributed by atoms with Crippen LogP contribution in [0.15, 0.2) is 66.7 Å². The van der Waals surface area contributed by atoms with Crippen LogP contribution in [0.2, 0.25) is 0 Å². The number of benzene rings is 2. The third-order valence-corrected chi connectivity index (χ3v) is 4.47. The molecule has 0 unspecified atom stereocenters. The third kappa shape index (κ3) is 3.44. The minimum atomic E-state index is -0.0276. The number of rotatable bonds is 4. The molecular formula is C22H21N5O. The van der Waals surface area contributed by atoms with E-state index in [9.17, 15) is 4.79 Å². The zero-order chi connectivity index (χ0) is 19.7. The third-order valence-electron chi connectivity index (χ3n) is 4.47. The lowest BCUT2D eigenvalue weighted by Gasteiger charge is -2.10. The maximum absolute atomic E-state index is 12.0. The van der Waals surface area contributed by atoms with Gasteiger partial charge in [0.1, 0.15) is 0 Å². The Morgan fingerprint density at radius 3 is 2.46 bits per heavy atom. The molecule has 4 rings (SSSR count). The summed E-state index contributed by atoms with van der Waals surface area (Å²) < 4.78 is 1.83. The normalized spacial score (nSPS) is 10.8. The van der Waals surface area contributed by atoms with Crippen LogP contribution in [0.25, 0.3) is 16.9 Å². The largest absolute Gasteiger partial charge is 0.345 e. The highest BCUT2D eigenvalue weighted by Crippen LogP contribution is 2.23. The van der Waals surface area contributed by atoms with Crippen LogP contribution in [0.3, 0.4) is 0 Å². The maximum Gasteiger partial charge on any atom is 0.253 e. The fourth-order valence-corrected chi connectivity index (χ4v) is 3.06. The summed E-state index contributed by atoms with van der Waals surface area (Å²) in [5.74, 6) is 0.479. The second kappa shape index (κ2) is 7.15. The zero-order valence-electron chi connectivity index (χ0n) is 16.0. The number of carbonyl (C=O) groups is 1. The molecule has 0 aliphatic rings. The summed E-state index contributed by atoms with van der Waals surface area (Å²) in [6.45, 7) is 2.07. The molecule has 0 radical (unpaired) electrons. The van der Waals surface area contributed by atoms with Gasteiger partial charge in [-0.15, -0.1) is 5.10 Å². The number of hydrogen-bond donors (Lipinski definition) is 1. The summed E-state index contributed by atoms with van der Waals surface area (Å²) in [5.41, 5.74) is 5.49. The molecule has 6 heteroatoms. The van der Waals surface area contributed by atoms with Gasteiger partial charge in [-0.1, -0.05) is 29.8 Å². The lowest BCUT2D eigenvalue weighted by Crippen LogP contribution is -2.21. The summed E-state index contributed by atoms with van der Waals surface area (Å²) in [6, 6.07) is 21.5. The highest BCUT2D eigenvalue weighted by Gasteiger charge is 2.10. The quantitative estimate of drug-likeness (QED) is 0.585. The number of nitrogens with zero attached hydrogens (tertiary/aromatic N) is 4. The number of hydrogen-bond acceptors (Lipinski definition) is 4. The minimum Gasteiger partial charge on any atom is -0.345 e. The minimum absolute atomic E-state index is 0.0276. The smallest absolute Gasteiger partial charge is 0.253 e. The van der Waals surface area contributed by atoms with Crippen LogP contribution < -0.4 is 5.32 Å². The van der Waals surface area contributed by atoms with Gasteiger partial charge in [-0.3, -0.25) is 4.79 Å². The van der Waals surface area contributed by atoms with Crippen molar-refractivity contribution in [3.8, 4) is 11.3 Å². The van der Waals surface area contributed by atoms with Crippen LogP contribution in [-0.2, 0) is 0 Å². The first-order valence-electron chi connectivity index (χ1n) is 9.03. The Kier molecular flexibility index (Phi) is 4.53. The average Bonchev–Trinajstić information content (AvgIpc) is 3.10. The predicted octanol–water partition coefficient (Wildman–Crippen LogP) is 4.15. The molecule has 1 N–H and O–H groups in total. The molecule has 140 valence electrons. The number of fused-ring (bicyclic) bond motifs is 1. The van der Waals surface area contributed by atoms with E-state index in [2.05, 4.69) is 40.5 Å². The highest BCUT2D eigenvalue weighted by atomic mass is 16.2. The monoisotopic (exact) mass is 371 g/mol. The van der Waals surface area contributed by atoms with E-state index in [1.165, 1.54) is 5.56 Å². The maximum atomic E-state index is 12.0. The molecule has 0 aliphatic heterocycles. The molecule has 0 saturated carbocycles. The van der Waals surface area contributed by atoms with Crippen LogP contribution in [0.1, 0.15) is 15.9 Å². The molecule has 0 bridgehead atoms. The van der Waals surface area contributed by atoms with Crippen molar-refractivity contribution in [2.45, 2.75) is 6.92 Å². The first-order chi connectivity index (χ1) is 13.5. The van der Waals surface area contributed by atoms with Gasteiger partial charge < -0.3 is 10.2 Å². The number of pyridine rings is 1. The van der Waals surface area contributed by atoms with Gasteiger partial charge in [0, 0.05) is 30.9 Å². The number of nitrogens with one attached hydrogen (secondary N) is 1. The number of anilines is 2. The van der Waals surface area contributed by atoms with E-state index >= 15 is 0 Å². The Morgan fingerprint density at radius 1 is 1.00 bits per heavy atom. The summed E-state index contributed by atoms with van der Waals surface area (Å²) >= 11 is 0. The molecule has 0 saturated heterocycles. The summed E-state index contributed by atoms with van der Waals surface area (Å²) in [4.78, 5) is 18.1. The van der Waals surface area contributed by atoms with Crippen LogP contribution in [0, 0.1) is 6.92 Å². The van der Waals surface area contributed by atoms with Crippen molar-refractivity contribution in [3.63, 3.8) is 0 Å². The standard InChI is InChI=1S/C22H21N5O/c1-15-6-4-7-17(14-15)19-8-5-9-20-24-22(25-27(19)20)23-18-12-10-16(11-13-18)21(28)26(2)3/h4-14H,1-3H3,(H,23,25). The van der Waals surface area contributed by atoms with Crippen molar-refractivity contribution in [2.24, 2.45) is 0 Å². The number of aromatic nitrogens is 3. The summed E-state index contributed by atoms with van der Waals surface area (Å²) in [6.07, 6.45) is 0. The van der Waals surface area contributed by atoms with Crippen LogP contribution in [0.4, 0.5) is 11.6 Å². The van der Waals surface area contributed by atoms with Crippen LogP contribution in [0.5, 0.6) is 0 Å². The van der Waals surface area contributed by atoms with E-state index in [0.717, 1.165) is 22.6 Å². The van der Waals surface area contributed by atoms with Crippen molar-refractivity contribution in [1.82, 2.24) is 19.5 Å². The van der Waals surface area contributed by atoms with Crippen molar-refractivity contribution in [3.05, 3.63) is 77.9 Å². The van der Waals surface area contributed by atoms with E-state index < -0.39 is 0 Å². The number of amides is 1. The summed E-state index contributed by atoms with van der Waals surface area (Å²) in [5, 5.41) is 7.83. The topological polar surface area (TPSA) is 62.5 Å². The summed E-state index contributed by atoms with van der Waals surface area (Å²) in [7, 11) is 3.47. The fourth-order valence-electron chi connectivity index (χ4n) is 3.06. The molecule has 6 nitrogen and oxygen atoms in total. The van der Waals surface area contributed by atoms with E-state index in [1.54, 1.807) is 31.1 Å². The Morgan fingerprint density at radius 2 is 1.75 bits per heavy atom. The highest BCUT2D eigenvalue weighted by molar-refractivity contribution is 5.94. The molecule has 4 aromatic rings. The molecule has 2 heterocycles. The molecule has 0 fully saturated rings. The first-order valence-corrected chi connectivity index (χ1v) is 9.03. The van der Waals surface area contributed by atoms with Gasteiger partial charge in [-0.25, -0.2) is 4.52 Å². The van der Waals surface area contributed by atoms with Gasteiger partial charge >= 0.3 is 0 Å². The molecule has 2 aromatic heterocycles. The fraction of sp³-hybridized carbons (Fsp3) is 0.136.